The maximum atomic E-state index is 13.2. The van der Waals surface area contributed by atoms with Gasteiger partial charge in [-0.05, 0) is 52.3 Å². The number of hydrogen-bond acceptors (Lipinski definition) is 3. The molecule has 0 atom stereocenters. The van der Waals surface area contributed by atoms with Crippen LogP contribution in [0.4, 0.5) is 10.1 Å². The number of hydrogen-bond donors (Lipinski definition) is 1. The number of anilines is 1. The molecule has 2 rings (SSSR count). The molecule has 2 aromatic carbocycles. The van der Waals surface area contributed by atoms with E-state index in [1.807, 2.05) is 0 Å². The van der Waals surface area contributed by atoms with Crippen LogP contribution in [0.5, 0.6) is 0 Å². The molecule has 4 nitrogen and oxygen atoms in total. The largest absolute Gasteiger partial charge is 0.280 e. The normalized spacial score (nSPS) is 11.0. The van der Waals surface area contributed by atoms with Gasteiger partial charge in [0.25, 0.3) is 10.0 Å². The van der Waals surface area contributed by atoms with Crippen LogP contribution in [0.3, 0.4) is 0 Å². The van der Waals surface area contributed by atoms with E-state index in [0.717, 1.165) is 12.1 Å². The Morgan fingerprint density at radius 2 is 1.86 bits per heavy atom. The topological polar surface area (TPSA) is 70.0 Å². The van der Waals surface area contributed by atoms with Crippen molar-refractivity contribution in [2.45, 2.75) is 4.90 Å². The minimum absolute atomic E-state index is 0.0275. The van der Waals surface area contributed by atoms with E-state index in [1.54, 1.807) is 18.2 Å². The van der Waals surface area contributed by atoms with E-state index < -0.39 is 15.8 Å². The highest BCUT2D eigenvalue weighted by atomic mass is 79.9. The van der Waals surface area contributed by atoms with Crippen LogP contribution in [-0.4, -0.2) is 8.42 Å². The van der Waals surface area contributed by atoms with Gasteiger partial charge in [0, 0.05) is 8.95 Å². The second-order valence-electron chi connectivity index (χ2n) is 3.99. The summed E-state index contributed by atoms with van der Waals surface area (Å²) in [6.45, 7) is 0. The van der Waals surface area contributed by atoms with E-state index in [9.17, 15) is 12.8 Å². The first kappa shape index (κ1) is 15.9. The van der Waals surface area contributed by atoms with Gasteiger partial charge in [0.2, 0.25) is 0 Å². The van der Waals surface area contributed by atoms with Crippen molar-refractivity contribution in [3.8, 4) is 6.07 Å². The van der Waals surface area contributed by atoms with E-state index in [4.69, 9.17) is 5.26 Å². The van der Waals surface area contributed by atoms with Gasteiger partial charge >= 0.3 is 0 Å². The highest BCUT2D eigenvalue weighted by molar-refractivity contribution is 9.11. The maximum Gasteiger partial charge on any atom is 0.263 e. The van der Waals surface area contributed by atoms with Gasteiger partial charge in [0.15, 0.2) is 0 Å². The van der Waals surface area contributed by atoms with Crippen molar-refractivity contribution in [1.82, 2.24) is 0 Å². The summed E-state index contributed by atoms with van der Waals surface area (Å²) in [7, 11) is -3.86. The SMILES string of the molecule is N#Cc1cc(NS(=O)(=O)c2cc(Br)ccc2Br)ccc1F. The number of halogens is 3. The lowest BCUT2D eigenvalue weighted by Gasteiger charge is -2.10. The zero-order chi connectivity index (χ0) is 15.6. The second kappa shape index (κ2) is 6.13. The lowest BCUT2D eigenvalue weighted by Crippen LogP contribution is -2.13. The maximum absolute atomic E-state index is 13.2. The molecule has 21 heavy (non-hydrogen) atoms. The third-order valence-electron chi connectivity index (χ3n) is 2.52. The Hall–Kier alpha value is -1.43. The molecule has 0 spiro atoms. The molecule has 0 aliphatic rings. The van der Waals surface area contributed by atoms with Crippen molar-refractivity contribution in [2.75, 3.05) is 4.72 Å². The van der Waals surface area contributed by atoms with Gasteiger partial charge in [-0.25, -0.2) is 12.8 Å². The Morgan fingerprint density at radius 3 is 2.52 bits per heavy atom. The van der Waals surface area contributed by atoms with E-state index in [1.165, 1.54) is 12.1 Å². The first-order valence-corrected chi connectivity index (χ1v) is 8.58. The molecule has 0 bridgehead atoms. The average Bonchev–Trinajstić information content (AvgIpc) is 2.43. The number of benzene rings is 2. The van der Waals surface area contributed by atoms with Crippen molar-refractivity contribution in [3.05, 3.63) is 56.7 Å². The number of nitrogens with one attached hydrogen (secondary N) is 1. The molecule has 1 N–H and O–H groups in total. The molecule has 0 aliphatic carbocycles. The van der Waals surface area contributed by atoms with Crippen molar-refractivity contribution >= 4 is 47.6 Å². The molecule has 0 radical (unpaired) electrons. The Balaban J connectivity index is 2.43. The molecule has 0 heterocycles. The first-order chi connectivity index (χ1) is 9.83. The Labute approximate surface area is 137 Å². The Bertz CT molecular complexity index is 848. The molecule has 0 saturated carbocycles. The molecular formula is C13H7Br2FN2O2S. The van der Waals surface area contributed by atoms with Crippen LogP contribution in [0.1, 0.15) is 5.56 Å². The molecule has 0 fully saturated rings. The van der Waals surface area contributed by atoms with Crippen molar-refractivity contribution in [2.24, 2.45) is 0 Å². The zero-order valence-electron chi connectivity index (χ0n) is 10.3. The molecule has 8 heteroatoms. The zero-order valence-corrected chi connectivity index (χ0v) is 14.3. The number of sulfonamides is 1. The molecule has 2 aromatic rings. The molecule has 108 valence electrons. The van der Waals surface area contributed by atoms with Gasteiger partial charge in [0.1, 0.15) is 16.8 Å². The van der Waals surface area contributed by atoms with Crippen LogP contribution in [0.15, 0.2) is 50.2 Å². The third-order valence-corrected chi connectivity index (χ3v) is 5.39. The minimum atomic E-state index is -3.86. The summed E-state index contributed by atoms with van der Waals surface area (Å²) < 4.78 is 41.2. The fourth-order valence-electron chi connectivity index (χ4n) is 1.57. The van der Waals surface area contributed by atoms with Crippen LogP contribution in [0.25, 0.3) is 0 Å². The molecule has 0 aliphatic heterocycles. The summed E-state index contributed by atoms with van der Waals surface area (Å²) in [4.78, 5) is 0.0275. The van der Waals surface area contributed by atoms with Gasteiger partial charge in [-0.1, -0.05) is 15.9 Å². The summed E-state index contributed by atoms with van der Waals surface area (Å²) in [6.07, 6.45) is 0. The second-order valence-corrected chi connectivity index (χ2v) is 7.41. The van der Waals surface area contributed by atoms with E-state index in [-0.39, 0.29) is 16.1 Å². The quantitative estimate of drug-likeness (QED) is 0.794. The summed E-state index contributed by atoms with van der Waals surface area (Å²) in [5, 5.41) is 8.76. The standard InChI is InChI=1S/C13H7Br2FN2O2S/c14-9-1-3-11(15)13(6-9)21(19,20)18-10-2-4-12(16)8(5-10)7-17/h1-6,18H. The fraction of sp³-hybridized carbons (Fsp3) is 0. The third kappa shape index (κ3) is 3.61. The predicted octanol–water partition coefficient (Wildman–Crippen LogP) is 4.02. The monoisotopic (exact) mass is 432 g/mol. The van der Waals surface area contributed by atoms with Crippen LogP contribution in [0, 0.1) is 17.1 Å². The van der Waals surface area contributed by atoms with E-state index >= 15 is 0 Å². The van der Waals surface area contributed by atoms with Crippen LogP contribution in [-0.2, 0) is 10.0 Å². The number of rotatable bonds is 3. The Kier molecular flexibility index (Phi) is 4.66. The van der Waals surface area contributed by atoms with Gasteiger partial charge in [0.05, 0.1) is 11.3 Å². The highest BCUT2D eigenvalue weighted by Gasteiger charge is 2.18. The van der Waals surface area contributed by atoms with Crippen LogP contribution < -0.4 is 4.72 Å². The van der Waals surface area contributed by atoms with Crippen LogP contribution >= 0.6 is 31.9 Å². The van der Waals surface area contributed by atoms with E-state index in [0.29, 0.717) is 8.95 Å². The number of nitrogens with zero attached hydrogens (tertiary/aromatic N) is 1. The summed E-state index contributed by atoms with van der Waals surface area (Å²) in [5.74, 6) is -0.705. The van der Waals surface area contributed by atoms with Gasteiger partial charge in [-0.15, -0.1) is 0 Å². The average molecular weight is 434 g/mol. The lowest BCUT2D eigenvalue weighted by molar-refractivity contribution is 0.600. The molecule has 0 amide bonds. The molecule has 0 unspecified atom stereocenters. The molecule has 0 saturated heterocycles. The minimum Gasteiger partial charge on any atom is -0.280 e. The van der Waals surface area contributed by atoms with Crippen molar-refractivity contribution in [3.63, 3.8) is 0 Å². The van der Waals surface area contributed by atoms with E-state index in [2.05, 4.69) is 36.6 Å². The highest BCUT2D eigenvalue weighted by Crippen LogP contribution is 2.27. The molecule has 0 aromatic heterocycles. The summed E-state index contributed by atoms with van der Waals surface area (Å²) >= 11 is 6.37. The van der Waals surface area contributed by atoms with Crippen molar-refractivity contribution < 1.29 is 12.8 Å². The summed E-state index contributed by atoms with van der Waals surface area (Å²) in [6, 6.07) is 9.78. The summed E-state index contributed by atoms with van der Waals surface area (Å²) in [5.41, 5.74) is -0.122. The number of nitriles is 1. The molecular weight excluding hydrogens is 427 g/mol. The van der Waals surface area contributed by atoms with Crippen molar-refractivity contribution in [1.29, 1.82) is 5.26 Å². The lowest BCUT2D eigenvalue weighted by atomic mass is 10.2. The van der Waals surface area contributed by atoms with Crippen LogP contribution in [0.2, 0.25) is 0 Å². The fourth-order valence-corrected chi connectivity index (χ4v) is 4.12. The Morgan fingerprint density at radius 1 is 1.14 bits per heavy atom. The van der Waals surface area contributed by atoms with Gasteiger partial charge in [-0.3, -0.25) is 4.72 Å². The van der Waals surface area contributed by atoms with Gasteiger partial charge in [-0.2, -0.15) is 5.26 Å². The van der Waals surface area contributed by atoms with Gasteiger partial charge < -0.3 is 0 Å². The smallest absolute Gasteiger partial charge is 0.263 e. The predicted molar refractivity (Wildman–Crippen MR) is 83.8 cm³/mol. The first-order valence-electron chi connectivity index (χ1n) is 5.51.